The topological polar surface area (TPSA) is 67.9 Å². The molecular formula is C18H27ClN2O4. The summed E-state index contributed by atoms with van der Waals surface area (Å²) in [6.07, 6.45) is 0.400. The molecular weight excluding hydrogens is 344 g/mol. The predicted octanol–water partition coefficient (Wildman–Crippen LogP) is 4.24. The number of halogens is 1. The first kappa shape index (κ1) is 21.1. The summed E-state index contributed by atoms with van der Waals surface area (Å²) in [6, 6.07) is 3.44. The summed E-state index contributed by atoms with van der Waals surface area (Å²) in [5.41, 5.74) is 0.892. The lowest BCUT2D eigenvalue weighted by Crippen LogP contribution is -2.35. The molecule has 25 heavy (non-hydrogen) atoms. The summed E-state index contributed by atoms with van der Waals surface area (Å²) < 4.78 is 10.5. The Kier molecular flexibility index (Phi) is 7.55. The van der Waals surface area contributed by atoms with Gasteiger partial charge < -0.3 is 19.7 Å². The number of anilines is 1. The Bertz CT molecular complexity index is 626. The fourth-order valence-corrected chi connectivity index (χ4v) is 2.20. The minimum absolute atomic E-state index is 0.155. The molecule has 0 aliphatic rings. The lowest BCUT2D eigenvalue weighted by Gasteiger charge is -2.24. The molecule has 140 valence electrons. The average molecular weight is 371 g/mol. The minimum Gasteiger partial charge on any atom is -0.495 e. The zero-order valence-corrected chi connectivity index (χ0v) is 16.5. The van der Waals surface area contributed by atoms with Crippen LogP contribution in [0.2, 0.25) is 5.02 Å². The number of methoxy groups -OCH3 is 1. The second kappa shape index (κ2) is 8.94. The standard InChI is InChI=1S/C18H27ClN2O4/c1-12-10-14(15(24-6)11-13(12)19)20-16(22)8-7-9-21(5)17(23)25-18(2,3)4/h10-11H,7-9H2,1-6H3,(H,20,22). The van der Waals surface area contributed by atoms with Crippen molar-refractivity contribution in [3.8, 4) is 5.75 Å². The van der Waals surface area contributed by atoms with Gasteiger partial charge in [-0.2, -0.15) is 0 Å². The number of benzene rings is 1. The van der Waals surface area contributed by atoms with Crippen LogP contribution in [-0.4, -0.2) is 43.2 Å². The van der Waals surface area contributed by atoms with Crippen molar-refractivity contribution in [1.29, 1.82) is 0 Å². The normalized spacial score (nSPS) is 11.0. The maximum absolute atomic E-state index is 12.1. The molecule has 1 N–H and O–H groups in total. The first-order valence-corrected chi connectivity index (χ1v) is 8.49. The van der Waals surface area contributed by atoms with Gasteiger partial charge in [-0.05, 0) is 45.7 Å². The van der Waals surface area contributed by atoms with E-state index in [1.807, 2.05) is 27.7 Å². The maximum Gasteiger partial charge on any atom is 0.410 e. The molecule has 0 spiro atoms. The maximum atomic E-state index is 12.1. The van der Waals surface area contributed by atoms with Crippen molar-refractivity contribution >= 4 is 29.3 Å². The van der Waals surface area contributed by atoms with E-state index in [4.69, 9.17) is 21.1 Å². The number of hydrogen-bond donors (Lipinski definition) is 1. The number of amides is 2. The third-order valence-corrected chi connectivity index (χ3v) is 3.76. The molecule has 0 aliphatic carbocycles. The zero-order chi connectivity index (χ0) is 19.2. The van der Waals surface area contributed by atoms with Crippen molar-refractivity contribution in [2.75, 3.05) is 26.0 Å². The van der Waals surface area contributed by atoms with Gasteiger partial charge in [-0.1, -0.05) is 11.6 Å². The summed E-state index contributed by atoms with van der Waals surface area (Å²) in [6.45, 7) is 7.72. The van der Waals surface area contributed by atoms with E-state index in [9.17, 15) is 9.59 Å². The van der Waals surface area contributed by atoms with E-state index in [2.05, 4.69) is 5.32 Å². The first-order valence-electron chi connectivity index (χ1n) is 8.11. The molecule has 0 bridgehead atoms. The third-order valence-electron chi connectivity index (χ3n) is 3.36. The highest BCUT2D eigenvalue weighted by Gasteiger charge is 2.19. The Labute approximate surface area is 154 Å². The molecule has 0 unspecified atom stereocenters. The van der Waals surface area contributed by atoms with Gasteiger partial charge in [-0.25, -0.2) is 4.79 Å². The molecule has 0 saturated heterocycles. The molecule has 1 aromatic rings. The van der Waals surface area contributed by atoms with Crippen LogP contribution < -0.4 is 10.1 Å². The number of nitrogens with one attached hydrogen (secondary N) is 1. The van der Waals surface area contributed by atoms with Gasteiger partial charge in [0.05, 0.1) is 12.8 Å². The van der Waals surface area contributed by atoms with Crippen molar-refractivity contribution in [1.82, 2.24) is 4.90 Å². The molecule has 0 atom stereocenters. The van der Waals surface area contributed by atoms with E-state index in [-0.39, 0.29) is 12.3 Å². The number of aryl methyl sites for hydroxylation is 1. The molecule has 6 nitrogen and oxygen atoms in total. The summed E-state index contributed by atoms with van der Waals surface area (Å²) in [5.74, 6) is 0.354. The summed E-state index contributed by atoms with van der Waals surface area (Å²) in [7, 11) is 3.17. The van der Waals surface area contributed by atoms with Crippen molar-refractivity contribution in [3.63, 3.8) is 0 Å². The highest BCUT2D eigenvalue weighted by Crippen LogP contribution is 2.31. The highest BCUT2D eigenvalue weighted by atomic mass is 35.5. The van der Waals surface area contributed by atoms with E-state index in [1.165, 1.54) is 12.0 Å². The van der Waals surface area contributed by atoms with E-state index < -0.39 is 11.7 Å². The molecule has 0 aliphatic heterocycles. The lowest BCUT2D eigenvalue weighted by atomic mass is 10.2. The Balaban J connectivity index is 2.51. The molecule has 0 heterocycles. The molecule has 0 fully saturated rings. The van der Waals surface area contributed by atoms with Gasteiger partial charge in [-0.3, -0.25) is 4.79 Å². The Morgan fingerprint density at radius 3 is 2.48 bits per heavy atom. The van der Waals surface area contributed by atoms with Gasteiger partial charge in [0.25, 0.3) is 0 Å². The van der Waals surface area contributed by atoms with Crippen LogP contribution >= 0.6 is 11.6 Å². The molecule has 1 aromatic carbocycles. The van der Waals surface area contributed by atoms with Gasteiger partial charge in [0.15, 0.2) is 0 Å². The van der Waals surface area contributed by atoms with Gasteiger partial charge in [0.2, 0.25) is 5.91 Å². The van der Waals surface area contributed by atoms with Crippen LogP contribution in [0, 0.1) is 6.92 Å². The van der Waals surface area contributed by atoms with Crippen LogP contribution in [-0.2, 0) is 9.53 Å². The number of rotatable bonds is 6. The average Bonchev–Trinajstić information content (AvgIpc) is 2.48. The predicted molar refractivity (Wildman–Crippen MR) is 99.5 cm³/mol. The first-order chi connectivity index (χ1) is 11.5. The van der Waals surface area contributed by atoms with Crippen molar-refractivity contribution < 1.29 is 19.1 Å². The van der Waals surface area contributed by atoms with E-state index in [1.54, 1.807) is 19.2 Å². The molecule has 0 aromatic heterocycles. The van der Waals surface area contributed by atoms with E-state index in [0.717, 1.165) is 5.56 Å². The third kappa shape index (κ3) is 7.22. The van der Waals surface area contributed by atoms with Crippen LogP contribution in [0.5, 0.6) is 5.75 Å². The lowest BCUT2D eigenvalue weighted by molar-refractivity contribution is -0.116. The largest absolute Gasteiger partial charge is 0.495 e. The van der Waals surface area contributed by atoms with Crippen LogP contribution in [0.25, 0.3) is 0 Å². The SMILES string of the molecule is COc1cc(Cl)c(C)cc1NC(=O)CCCN(C)C(=O)OC(C)(C)C. The number of carbonyl (C=O) groups is 2. The fraction of sp³-hybridized carbons (Fsp3) is 0.556. The highest BCUT2D eigenvalue weighted by molar-refractivity contribution is 6.31. The van der Waals surface area contributed by atoms with E-state index >= 15 is 0 Å². The molecule has 2 amide bonds. The van der Waals surface area contributed by atoms with Crippen molar-refractivity contribution in [2.45, 2.75) is 46.1 Å². The summed E-state index contributed by atoms with van der Waals surface area (Å²) in [4.78, 5) is 25.4. The quantitative estimate of drug-likeness (QED) is 0.813. The van der Waals surface area contributed by atoms with Crippen molar-refractivity contribution in [3.05, 3.63) is 22.7 Å². The second-order valence-corrected chi connectivity index (χ2v) is 7.26. The van der Waals surface area contributed by atoms with Crippen LogP contribution in [0.15, 0.2) is 12.1 Å². The van der Waals surface area contributed by atoms with Crippen LogP contribution in [0.4, 0.5) is 10.5 Å². The van der Waals surface area contributed by atoms with Gasteiger partial charge in [-0.15, -0.1) is 0 Å². The Morgan fingerprint density at radius 1 is 1.28 bits per heavy atom. The van der Waals surface area contributed by atoms with Gasteiger partial charge in [0, 0.05) is 31.1 Å². The Hall–Kier alpha value is -1.95. The monoisotopic (exact) mass is 370 g/mol. The second-order valence-electron chi connectivity index (χ2n) is 6.86. The zero-order valence-electron chi connectivity index (χ0n) is 15.7. The summed E-state index contributed by atoms with van der Waals surface area (Å²) in [5, 5.41) is 3.39. The molecule has 0 radical (unpaired) electrons. The van der Waals surface area contributed by atoms with Crippen LogP contribution in [0.3, 0.4) is 0 Å². The molecule has 7 heteroatoms. The minimum atomic E-state index is -0.536. The smallest absolute Gasteiger partial charge is 0.410 e. The summed E-state index contributed by atoms with van der Waals surface area (Å²) >= 11 is 6.05. The number of carbonyl (C=O) groups excluding carboxylic acids is 2. The van der Waals surface area contributed by atoms with Gasteiger partial charge in [0.1, 0.15) is 11.4 Å². The van der Waals surface area contributed by atoms with E-state index in [0.29, 0.717) is 29.4 Å². The van der Waals surface area contributed by atoms with Crippen molar-refractivity contribution in [2.24, 2.45) is 0 Å². The number of hydrogen-bond acceptors (Lipinski definition) is 4. The number of nitrogens with zero attached hydrogens (tertiary/aromatic N) is 1. The molecule has 0 saturated carbocycles. The van der Waals surface area contributed by atoms with Crippen LogP contribution in [0.1, 0.15) is 39.2 Å². The number of ether oxygens (including phenoxy) is 2. The Morgan fingerprint density at radius 2 is 1.92 bits per heavy atom. The van der Waals surface area contributed by atoms with Gasteiger partial charge >= 0.3 is 6.09 Å². The fourth-order valence-electron chi connectivity index (χ4n) is 2.05. The molecule has 1 rings (SSSR count).